The first-order chi connectivity index (χ1) is 14.4. The Bertz CT molecular complexity index is 1070. The first-order valence-corrected chi connectivity index (χ1v) is 11.0. The van der Waals surface area contributed by atoms with Gasteiger partial charge in [0, 0.05) is 58.8 Å². The van der Waals surface area contributed by atoms with Crippen molar-refractivity contribution in [2.45, 2.75) is 44.0 Å². The fourth-order valence-corrected chi connectivity index (χ4v) is 5.30. The molecular formula is C24H27ClN2O3. The van der Waals surface area contributed by atoms with E-state index in [-0.39, 0.29) is 5.60 Å². The number of ether oxygens (including phenoxy) is 1. The summed E-state index contributed by atoms with van der Waals surface area (Å²) < 4.78 is 6.38. The highest BCUT2D eigenvalue weighted by atomic mass is 35.5. The van der Waals surface area contributed by atoms with Gasteiger partial charge in [0.15, 0.2) is 0 Å². The van der Waals surface area contributed by atoms with Crippen molar-refractivity contribution in [2.24, 2.45) is 0 Å². The molecule has 5 nitrogen and oxygen atoms in total. The van der Waals surface area contributed by atoms with Crippen LogP contribution < -0.4 is 4.74 Å². The topological polar surface area (TPSA) is 68.7 Å². The maximum atomic E-state index is 11.0. The molecule has 2 atom stereocenters. The molecule has 1 fully saturated rings. The molecule has 0 saturated carbocycles. The number of aliphatic hydroxyl groups excluding tert-OH is 2. The molecule has 3 heterocycles. The van der Waals surface area contributed by atoms with Gasteiger partial charge in [-0.1, -0.05) is 29.8 Å². The van der Waals surface area contributed by atoms with Crippen LogP contribution in [-0.4, -0.2) is 45.3 Å². The number of hydrogen-bond acceptors (Lipinski definition) is 4. The van der Waals surface area contributed by atoms with Crippen molar-refractivity contribution in [3.8, 4) is 5.75 Å². The number of nitrogens with zero attached hydrogens (tertiary/aromatic N) is 1. The largest absolute Gasteiger partial charge is 0.487 e. The van der Waals surface area contributed by atoms with Gasteiger partial charge in [0.1, 0.15) is 11.4 Å². The molecule has 2 aliphatic rings. The van der Waals surface area contributed by atoms with Crippen LogP contribution in [0.15, 0.2) is 42.5 Å². The predicted molar refractivity (Wildman–Crippen MR) is 118 cm³/mol. The number of nitrogens with one attached hydrogen (secondary N) is 1. The number of halogens is 1. The van der Waals surface area contributed by atoms with Gasteiger partial charge in [-0.15, -0.1) is 0 Å². The third-order valence-corrected chi connectivity index (χ3v) is 6.93. The van der Waals surface area contributed by atoms with Crippen LogP contribution in [0.1, 0.15) is 48.3 Å². The second-order valence-electron chi connectivity index (χ2n) is 8.71. The van der Waals surface area contributed by atoms with E-state index in [0.717, 1.165) is 59.4 Å². The summed E-state index contributed by atoms with van der Waals surface area (Å²) >= 11 is 6.08. The minimum Gasteiger partial charge on any atom is -0.487 e. The molecule has 3 N–H and O–H groups in total. The Kier molecular flexibility index (Phi) is 5.02. The molecule has 1 spiro atoms. The molecule has 0 bridgehead atoms. The van der Waals surface area contributed by atoms with Gasteiger partial charge >= 0.3 is 0 Å². The Labute approximate surface area is 181 Å². The number of fused-ring (bicyclic) bond motifs is 2. The zero-order valence-electron chi connectivity index (χ0n) is 17.1. The highest BCUT2D eigenvalue weighted by molar-refractivity contribution is 6.30. The van der Waals surface area contributed by atoms with E-state index >= 15 is 0 Å². The number of likely N-dealkylation sites (tertiary alicyclic amines) is 1. The zero-order chi connectivity index (χ0) is 20.9. The van der Waals surface area contributed by atoms with Crippen LogP contribution >= 0.6 is 11.6 Å². The number of piperidine rings is 1. The van der Waals surface area contributed by atoms with Gasteiger partial charge in [0.25, 0.3) is 0 Å². The quantitative estimate of drug-likeness (QED) is 0.576. The van der Waals surface area contributed by atoms with Gasteiger partial charge < -0.3 is 24.8 Å². The molecule has 1 aromatic heterocycles. The monoisotopic (exact) mass is 426 g/mol. The number of rotatable bonds is 3. The van der Waals surface area contributed by atoms with Crippen LogP contribution in [0.2, 0.25) is 5.02 Å². The van der Waals surface area contributed by atoms with Crippen molar-refractivity contribution in [2.75, 3.05) is 19.6 Å². The minimum atomic E-state index is -0.557. The van der Waals surface area contributed by atoms with Crippen molar-refractivity contribution in [3.63, 3.8) is 0 Å². The summed E-state index contributed by atoms with van der Waals surface area (Å²) in [5, 5.41) is 23.4. The summed E-state index contributed by atoms with van der Waals surface area (Å²) in [7, 11) is 0. The molecule has 0 amide bonds. The van der Waals surface area contributed by atoms with E-state index in [1.807, 2.05) is 31.2 Å². The maximum absolute atomic E-state index is 11.0. The average Bonchev–Trinajstić information content (AvgIpc) is 3.06. The third-order valence-electron chi connectivity index (χ3n) is 6.70. The van der Waals surface area contributed by atoms with E-state index in [0.29, 0.717) is 18.0 Å². The lowest BCUT2D eigenvalue weighted by molar-refractivity contribution is -0.0587. The molecule has 30 heavy (non-hydrogen) atoms. The van der Waals surface area contributed by atoms with Gasteiger partial charge in [-0.05, 0) is 44.0 Å². The van der Waals surface area contributed by atoms with Crippen LogP contribution in [0.3, 0.4) is 0 Å². The van der Waals surface area contributed by atoms with Crippen molar-refractivity contribution in [1.29, 1.82) is 0 Å². The molecule has 5 rings (SSSR count). The minimum absolute atomic E-state index is 0.349. The fourth-order valence-electron chi connectivity index (χ4n) is 5.12. The van der Waals surface area contributed by atoms with E-state index in [1.165, 1.54) is 0 Å². The van der Waals surface area contributed by atoms with E-state index in [9.17, 15) is 10.2 Å². The number of aryl methyl sites for hydroxylation is 1. The number of aromatic amines is 1. The first-order valence-electron chi connectivity index (χ1n) is 10.6. The zero-order valence-corrected chi connectivity index (χ0v) is 17.8. The second kappa shape index (κ2) is 7.57. The van der Waals surface area contributed by atoms with Crippen LogP contribution in [0.4, 0.5) is 0 Å². The van der Waals surface area contributed by atoms with Crippen molar-refractivity contribution >= 4 is 22.5 Å². The summed E-state index contributed by atoms with van der Waals surface area (Å²) in [5.74, 6) is 0.737. The van der Waals surface area contributed by atoms with Gasteiger partial charge in [-0.2, -0.15) is 0 Å². The number of benzene rings is 2. The van der Waals surface area contributed by atoms with E-state index in [2.05, 4.69) is 16.0 Å². The number of H-pyrrole nitrogens is 1. The van der Waals surface area contributed by atoms with E-state index in [1.54, 1.807) is 12.1 Å². The smallest absolute Gasteiger partial charge is 0.126 e. The molecule has 1 saturated heterocycles. The fraction of sp³-hybridized carbons (Fsp3) is 0.417. The van der Waals surface area contributed by atoms with Crippen LogP contribution in [0.5, 0.6) is 5.75 Å². The lowest BCUT2D eigenvalue weighted by Gasteiger charge is -2.46. The van der Waals surface area contributed by atoms with E-state index in [4.69, 9.17) is 16.3 Å². The Morgan fingerprint density at radius 2 is 2.00 bits per heavy atom. The number of hydrogen-bond donors (Lipinski definition) is 3. The Morgan fingerprint density at radius 3 is 2.80 bits per heavy atom. The van der Waals surface area contributed by atoms with Gasteiger partial charge in [0.05, 0.1) is 12.2 Å². The number of aromatic nitrogens is 1. The Hall–Kier alpha value is -2.05. The second-order valence-corrected chi connectivity index (χ2v) is 9.15. The third kappa shape index (κ3) is 3.50. The molecule has 0 radical (unpaired) electrons. The molecule has 3 aromatic rings. The van der Waals surface area contributed by atoms with Crippen LogP contribution in [-0.2, 0) is 0 Å². The molecular weight excluding hydrogens is 400 g/mol. The lowest BCUT2D eigenvalue weighted by Crippen LogP contribution is -2.51. The van der Waals surface area contributed by atoms with Crippen molar-refractivity contribution < 1.29 is 14.9 Å². The summed E-state index contributed by atoms with van der Waals surface area (Å²) in [6.45, 7) is 4.26. The predicted octanol–water partition coefficient (Wildman–Crippen LogP) is 4.51. The molecule has 2 aromatic carbocycles. The van der Waals surface area contributed by atoms with Gasteiger partial charge in [-0.25, -0.2) is 0 Å². The highest BCUT2D eigenvalue weighted by Crippen LogP contribution is 2.45. The van der Waals surface area contributed by atoms with Crippen LogP contribution in [0, 0.1) is 6.92 Å². The number of para-hydroxylation sites is 1. The van der Waals surface area contributed by atoms with E-state index < -0.39 is 12.2 Å². The maximum Gasteiger partial charge on any atom is 0.126 e. The normalized spacial score (nSPS) is 22.1. The SMILES string of the molecule is Cc1[nH]c2ccccc2c1[C@@H](O)CN1CCC2(CC1)C[C@@H](O)c1cc(Cl)ccc1O2. The molecule has 6 heteroatoms. The molecule has 0 aliphatic carbocycles. The highest BCUT2D eigenvalue weighted by Gasteiger charge is 2.43. The molecule has 0 unspecified atom stereocenters. The first kappa shape index (κ1) is 19.9. The summed E-state index contributed by atoms with van der Waals surface area (Å²) in [5.41, 5.74) is 3.50. The summed E-state index contributed by atoms with van der Waals surface area (Å²) in [4.78, 5) is 5.67. The van der Waals surface area contributed by atoms with Gasteiger partial charge in [0.2, 0.25) is 0 Å². The molecule has 2 aliphatic heterocycles. The Morgan fingerprint density at radius 1 is 1.23 bits per heavy atom. The van der Waals surface area contributed by atoms with Gasteiger partial charge in [-0.3, -0.25) is 0 Å². The van der Waals surface area contributed by atoms with Crippen LogP contribution in [0.25, 0.3) is 10.9 Å². The number of β-amino-alcohol motifs (C(OH)–C–C–N with tert-alkyl or cyclic N) is 1. The number of aliphatic hydroxyl groups is 2. The van der Waals surface area contributed by atoms with Crippen molar-refractivity contribution in [3.05, 3.63) is 64.3 Å². The average molecular weight is 427 g/mol. The Balaban J connectivity index is 1.27. The van der Waals surface area contributed by atoms with Crippen molar-refractivity contribution in [1.82, 2.24) is 9.88 Å². The standard InChI is InChI=1S/C24H27ClN2O3/c1-15-23(17-4-2-3-5-19(17)26-15)21(29)14-27-10-8-24(9-11-27)13-20(28)18-12-16(25)6-7-22(18)30-24/h2-7,12,20-21,26,28-29H,8-11,13-14H2,1H3/t20-,21+/m1/s1. The molecule has 158 valence electrons. The summed E-state index contributed by atoms with van der Waals surface area (Å²) in [6, 6.07) is 13.6. The summed E-state index contributed by atoms with van der Waals surface area (Å²) in [6.07, 6.45) is 1.13. The lowest BCUT2D eigenvalue weighted by atomic mass is 9.81.